The highest BCUT2D eigenvalue weighted by atomic mass is 16.5. The molecule has 3 atom stereocenters. The lowest BCUT2D eigenvalue weighted by Crippen LogP contribution is -2.46. The van der Waals surface area contributed by atoms with Gasteiger partial charge in [0, 0.05) is 6.42 Å². The summed E-state index contributed by atoms with van der Waals surface area (Å²) in [6.45, 7) is 6.30. The number of hydrogen-bond acceptors (Lipinski definition) is 5. The Morgan fingerprint density at radius 1 is 0.556 bits per heavy atom. The number of esters is 1. The second-order valence-corrected chi connectivity index (χ2v) is 15.1. The first-order valence-electron chi connectivity index (χ1n) is 22.5. The van der Waals surface area contributed by atoms with Crippen molar-refractivity contribution >= 4 is 11.9 Å². The van der Waals surface area contributed by atoms with Crippen LogP contribution in [-0.4, -0.2) is 46.9 Å². The van der Waals surface area contributed by atoms with Crippen LogP contribution in [0.4, 0.5) is 0 Å². The molecule has 0 aliphatic rings. The van der Waals surface area contributed by atoms with E-state index in [0.717, 1.165) is 77.0 Å². The normalized spacial score (nSPS) is 13.9. The predicted molar refractivity (Wildman–Crippen MR) is 232 cm³/mol. The average molecular weight is 756 g/mol. The van der Waals surface area contributed by atoms with E-state index in [1.807, 2.05) is 0 Å². The van der Waals surface area contributed by atoms with Gasteiger partial charge >= 0.3 is 5.97 Å². The summed E-state index contributed by atoms with van der Waals surface area (Å²) in [6, 6.07) is -0.709. The van der Waals surface area contributed by atoms with Crippen LogP contribution < -0.4 is 5.32 Å². The highest BCUT2D eigenvalue weighted by Gasteiger charge is 2.24. The first-order chi connectivity index (χ1) is 26.5. The molecular weight excluding hydrogens is 671 g/mol. The Balaban J connectivity index is 4.59. The molecule has 54 heavy (non-hydrogen) atoms. The summed E-state index contributed by atoms with van der Waals surface area (Å²) in [4.78, 5) is 25.9. The third-order valence-corrected chi connectivity index (χ3v) is 9.86. The Kier molecular flexibility index (Phi) is 39.8. The van der Waals surface area contributed by atoms with E-state index in [2.05, 4.69) is 86.8 Å². The number of aliphatic hydroxyl groups is 2. The number of aliphatic hydroxyl groups excluding tert-OH is 2. The van der Waals surface area contributed by atoms with Crippen LogP contribution in [-0.2, 0) is 14.3 Å². The van der Waals surface area contributed by atoms with Crippen LogP contribution in [0.1, 0.15) is 207 Å². The molecule has 3 N–H and O–H groups in total. The van der Waals surface area contributed by atoms with Gasteiger partial charge in [-0.15, -0.1) is 0 Å². The second kappa shape index (κ2) is 41.7. The SMILES string of the molecule is CC/C=C\C/C=C\C/C=C\C/C=C\C/C=C\CCCC(=O)OC(CCCCCCCCCC)CC(=O)NC(CO)C(O)CCCCCCCCCCCC. The maximum absolute atomic E-state index is 13.1. The van der Waals surface area contributed by atoms with Crippen LogP contribution in [0.15, 0.2) is 60.8 Å². The molecule has 1 amide bonds. The molecule has 0 saturated carbocycles. The first kappa shape index (κ1) is 51.6. The number of ether oxygens (including phenoxy) is 1. The second-order valence-electron chi connectivity index (χ2n) is 15.1. The van der Waals surface area contributed by atoms with E-state index < -0.39 is 18.2 Å². The molecule has 0 rings (SSSR count). The third kappa shape index (κ3) is 36.5. The van der Waals surface area contributed by atoms with Crippen LogP contribution in [0.2, 0.25) is 0 Å². The van der Waals surface area contributed by atoms with Crippen LogP contribution in [0.3, 0.4) is 0 Å². The van der Waals surface area contributed by atoms with Gasteiger partial charge in [-0.3, -0.25) is 9.59 Å². The Morgan fingerprint density at radius 2 is 0.981 bits per heavy atom. The number of rotatable bonds is 39. The van der Waals surface area contributed by atoms with E-state index in [4.69, 9.17) is 4.74 Å². The Hall–Kier alpha value is -2.44. The highest BCUT2D eigenvalue weighted by Crippen LogP contribution is 2.17. The third-order valence-electron chi connectivity index (χ3n) is 9.86. The average Bonchev–Trinajstić information content (AvgIpc) is 3.16. The molecule has 0 spiro atoms. The van der Waals surface area contributed by atoms with Gasteiger partial charge in [-0.05, 0) is 64.2 Å². The summed E-state index contributed by atoms with van der Waals surface area (Å²) in [7, 11) is 0. The molecule has 312 valence electrons. The number of allylic oxidation sites excluding steroid dienone is 10. The maximum atomic E-state index is 13.1. The molecule has 3 unspecified atom stereocenters. The first-order valence-corrected chi connectivity index (χ1v) is 22.5. The van der Waals surface area contributed by atoms with Crippen molar-refractivity contribution in [1.82, 2.24) is 5.32 Å². The fourth-order valence-electron chi connectivity index (χ4n) is 6.46. The van der Waals surface area contributed by atoms with Crippen molar-refractivity contribution in [2.45, 2.75) is 225 Å². The van der Waals surface area contributed by atoms with Gasteiger partial charge in [-0.25, -0.2) is 0 Å². The minimum atomic E-state index is -0.794. The summed E-state index contributed by atoms with van der Waals surface area (Å²) < 4.78 is 5.85. The molecular formula is C48H85NO5. The standard InChI is InChI=1S/C48H85NO5/c1-4-7-10-13-16-19-21-22-23-24-25-26-27-29-32-35-38-41-48(53)54-44(39-36-33-30-18-15-12-9-6-3)42-47(52)49-45(43-50)46(51)40-37-34-31-28-20-17-14-11-8-5-2/h7,10,16,19,22-23,25-26,29,32,44-46,50-51H,4-6,8-9,11-15,17-18,20-21,24,27-28,30-31,33-43H2,1-3H3,(H,49,52)/b10-7-,19-16-,23-22-,26-25-,32-29-. The lowest BCUT2D eigenvalue weighted by molar-refractivity contribution is -0.151. The molecule has 0 aromatic heterocycles. The molecule has 6 nitrogen and oxygen atoms in total. The molecule has 0 aliphatic carbocycles. The van der Waals surface area contributed by atoms with E-state index >= 15 is 0 Å². The minimum absolute atomic E-state index is 0.0541. The van der Waals surface area contributed by atoms with E-state index in [0.29, 0.717) is 25.7 Å². The van der Waals surface area contributed by atoms with Gasteiger partial charge < -0.3 is 20.3 Å². The lowest BCUT2D eigenvalue weighted by Gasteiger charge is -2.24. The van der Waals surface area contributed by atoms with E-state index in [1.54, 1.807) is 0 Å². The van der Waals surface area contributed by atoms with Gasteiger partial charge in [0.05, 0.1) is 25.2 Å². The molecule has 0 heterocycles. The number of amides is 1. The maximum Gasteiger partial charge on any atom is 0.306 e. The Bertz CT molecular complexity index is 984. The molecule has 0 aromatic carbocycles. The number of nitrogens with one attached hydrogen (secondary N) is 1. The molecule has 0 aromatic rings. The van der Waals surface area contributed by atoms with E-state index in [-0.39, 0.29) is 24.9 Å². The smallest absolute Gasteiger partial charge is 0.306 e. The zero-order valence-electron chi connectivity index (χ0n) is 35.3. The largest absolute Gasteiger partial charge is 0.462 e. The van der Waals surface area contributed by atoms with Gasteiger partial charge in [0.1, 0.15) is 6.10 Å². The van der Waals surface area contributed by atoms with Crippen molar-refractivity contribution in [2.24, 2.45) is 0 Å². The molecule has 0 bridgehead atoms. The van der Waals surface area contributed by atoms with E-state index in [1.165, 1.54) is 77.0 Å². The van der Waals surface area contributed by atoms with Crippen LogP contribution >= 0.6 is 0 Å². The van der Waals surface area contributed by atoms with Crippen molar-refractivity contribution in [3.63, 3.8) is 0 Å². The number of unbranched alkanes of at least 4 members (excludes halogenated alkanes) is 17. The van der Waals surface area contributed by atoms with Crippen molar-refractivity contribution in [3.05, 3.63) is 60.8 Å². The van der Waals surface area contributed by atoms with Gasteiger partial charge in [0.25, 0.3) is 0 Å². The van der Waals surface area contributed by atoms with Crippen LogP contribution in [0.5, 0.6) is 0 Å². The number of hydrogen-bond donors (Lipinski definition) is 3. The molecule has 6 heteroatoms. The summed E-state index contributed by atoms with van der Waals surface area (Å²) in [6.07, 6.45) is 50.0. The van der Waals surface area contributed by atoms with Crippen molar-refractivity contribution in [1.29, 1.82) is 0 Å². The molecule has 0 radical (unpaired) electrons. The minimum Gasteiger partial charge on any atom is -0.462 e. The summed E-state index contributed by atoms with van der Waals surface area (Å²) in [5.74, 6) is -0.549. The summed E-state index contributed by atoms with van der Waals surface area (Å²) in [5.41, 5.74) is 0. The van der Waals surface area contributed by atoms with Crippen molar-refractivity contribution in [2.75, 3.05) is 6.61 Å². The van der Waals surface area contributed by atoms with Gasteiger partial charge in [0.15, 0.2) is 0 Å². The van der Waals surface area contributed by atoms with Crippen molar-refractivity contribution in [3.8, 4) is 0 Å². The lowest BCUT2D eigenvalue weighted by atomic mass is 10.0. The summed E-state index contributed by atoms with van der Waals surface area (Å²) in [5, 5.41) is 23.5. The number of carbonyl (C=O) groups is 2. The van der Waals surface area contributed by atoms with Crippen LogP contribution in [0.25, 0.3) is 0 Å². The monoisotopic (exact) mass is 756 g/mol. The zero-order valence-corrected chi connectivity index (χ0v) is 35.3. The zero-order chi connectivity index (χ0) is 39.6. The summed E-state index contributed by atoms with van der Waals surface area (Å²) >= 11 is 0. The highest BCUT2D eigenvalue weighted by molar-refractivity contribution is 5.77. The van der Waals surface area contributed by atoms with E-state index in [9.17, 15) is 19.8 Å². The quantitative estimate of drug-likeness (QED) is 0.0330. The van der Waals surface area contributed by atoms with Gasteiger partial charge in [-0.1, -0.05) is 191 Å². The molecule has 0 aliphatic heterocycles. The van der Waals surface area contributed by atoms with Gasteiger partial charge in [0.2, 0.25) is 5.91 Å². The Morgan fingerprint density at radius 3 is 1.44 bits per heavy atom. The molecule has 0 saturated heterocycles. The van der Waals surface area contributed by atoms with Gasteiger partial charge in [-0.2, -0.15) is 0 Å². The number of carbonyl (C=O) groups excluding carboxylic acids is 2. The van der Waals surface area contributed by atoms with Crippen LogP contribution in [0, 0.1) is 0 Å². The fraction of sp³-hybridized carbons (Fsp3) is 0.750. The topological polar surface area (TPSA) is 95.9 Å². The Labute approximate surface area is 333 Å². The molecule has 0 fully saturated rings. The van der Waals surface area contributed by atoms with Crippen molar-refractivity contribution < 1.29 is 24.5 Å². The fourth-order valence-corrected chi connectivity index (χ4v) is 6.46. The predicted octanol–water partition coefficient (Wildman–Crippen LogP) is 12.9.